The molecule has 1 rings (SSSR count). The van der Waals surface area contributed by atoms with Gasteiger partial charge in [0.25, 0.3) is 0 Å². The van der Waals surface area contributed by atoms with Gasteiger partial charge in [0.2, 0.25) is 5.91 Å². The Bertz CT molecular complexity index is 454. The van der Waals surface area contributed by atoms with Crippen LogP contribution in [0.1, 0.15) is 12.0 Å². The molecule has 0 aliphatic carbocycles. The quantitative estimate of drug-likeness (QED) is 0.661. The normalized spacial score (nSPS) is 10.5. The predicted octanol–water partition coefficient (Wildman–Crippen LogP) is 1.19. The zero-order valence-corrected chi connectivity index (χ0v) is 9.80. The molecule has 0 aliphatic heterocycles. The van der Waals surface area contributed by atoms with Crippen molar-refractivity contribution in [3.8, 4) is 0 Å². The number of hydrogen-bond acceptors (Lipinski definition) is 3. The number of benzene rings is 1. The van der Waals surface area contributed by atoms with Crippen LogP contribution in [0.25, 0.3) is 0 Å². The smallest absolute Gasteiger partial charge is 0.328 e. The standard InChI is InChI=1S/C13H15NO4/c15-8-2-4-10-3-1-5-11(9-10)14-12(16)6-7-13(17)18/h1,3,5-7,9,15H,2,4,8H2,(H,14,16)(H,17,18)/b7-6+. The minimum atomic E-state index is -1.16. The summed E-state index contributed by atoms with van der Waals surface area (Å²) in [7, 11) is 0. The SMILES string of the molecule is O=C(O)/C=C/C(=O)Nc1cccc(CCCO)c1. The van der Waals surface area contributed by atoms with Gasteiger partial charge in [-0.15, -0.1) is 0 Å². The first kappa shape index (κ1) is 13.9. The second-order valence-corrected chi connectivity index (χ2v) is 3.69. The zero-order chi connectivity index (χ0) is 13.4. The number of carboxylic acid groups (broad SMARTS) is 1. The molecule has 0 aromatic heterocycles. The fraction of sp³-hybridized carbons (Fsp3) is 0.231. The monoisotopic (exact) mass is 249 g/mol. The molecule has 1 amide bonds. The Balaban J connectivity index is 2.61. The number of rotatable bonds is 6. The number of amides is 1. The Morgan fingerprint density at radius 3 is 2.72 bits per heavy atom. The summed E-state index contributed by atoms with van der Waals surface area (Å²) in [5, 5.41) is 19.7. The molecule has 3 N–H and O–H groups in total. The average Bonchev–Trinajstić information content (AvgIpc) is 2.34. The third kappa shape index (κ3) is 5.27. The van der Waals surface area contributed by atoms with Crippen LogP contribution < -0.4 is 5.32 Å². The van der Waals surface area contributed by atoms with E-state index in [2.05, 4.69) is 5.32 Å². The lowest BCUT2D eigenvalue weighted by molar-refractivity contribution is -0.131. The zero-order valence-electron chi connectivity index (χ0n) is 9.80. The maximum atomic E-state index is 11.3. The van der Waals surface area contributed by atoms with E-state index in [1.807, 2.05) is 6.07 Å². The van der Waals surface area contributed by atoms with Crippen molar-refractivity contribution in [3.63, 3.8) is 0 Å². The van der Waals surface area contributed by atoms with Gasteiger partial charge in [-0.1, -0.05) is 12.1 Å². The highest BCUT2D eigenvalue weighted by molar-refractivity contribution is 6.02. The minimum Gasteiger partial charge on any atom is -0.478 e. The van der Waals surface area contributed by atoms with Crippen molar-refractivity contribution in [3.05, 3.63) is 42.0 Å². The molecule has 1 aromatic rings. The third-order valence-corrected chi connectivity index (χ3v) is 2.20. The molecule has 1 aromatic carbocycles. The van der Waals surface area contributed by atoms with Crippen molar-refractivity contribution in [1.29, 1.82) is 0 Å². The van der Waals surface area contributed by atoms with E-state index >= 15 is 0 Å². The number of carbonyl (C=O) groups excluding carboxylic acids is 1. The molecule has 5 nitrogen and oxygen atoms in total. The maximum Gasteiger partial charge on any atom is 0.328 e. The molecular weight excluding hydrogens is 234 g/mol. The summed E-state index contributed by atoms with van der Waals surface area (Å²) >= 11 is 0. The van der Waals surface area contributed by atoms with Crippen LogP contribution in [-0.4, -0.2) is 28.7 Å². The number of aliphatic hydroxyl groups is 1. The number of aliphatic hydroxyl groups excluding tert-OH is 1. The van der Waals surface area contributed by atoms with Crippen molar-refractivity contribution in [2.45, 2.75) is 12.8 Å². The molecule has 0 heterocycles. The van der Waals surface area contributed by atoms with Gasteiger partial charge in [0, 0.05) is 24.4 Å². The van der Waals surface area contributed by atoms with Crippen LogP contribution >= 0.6 is 0 Å². The van der Waals surface area contributed by atoms with E-state index in [1.165, 1.54) is 0 Å². The first-order valence-corrected chi connectivity index (χ1v) is 5.53. The molecule has 0 spiro atoms. The molecule has 0 saturated carbocycles. The Labute approximate surface area is 105 Å². The van der Waals surface area contributed by atoms with Crippen LogP contribution in [0.5, 0.6) is 0 Å². The number of nitrogens with one attached hydrogen (secondary N) is 1. The second-order valence-electron chi connectivity index (χ2n) is 3.69. The van der Waals surface area contributed by atoms with Crippen molar-refractivity contribution in [1.82, 2.24) is 0 Å². The van der Waals surface area contributed by atoms with Gasteiger partial charge in [-0.3, -0.25) is 4.79 Å². The van der Waals surface area contributed by atoms with Crippen LogP contribution in [0.4, 0.5) is 5.69 Å². The van der Waals surface area contributed by atoms with E-state index in [0.717, 1.165) is 24.1 Å². The molecule has 0 aliphatic rings. The van der Waals surface area contributed by atoms with Crippen LogP contribution in [-0.2, 0) is 16.0 Å². The molecule has 96 valence electrons. The Morgan fingerprint density at radius 2 is 2.06 bits per heavy atom. The van der Waals surface area contributed by atoms with Crippen molar-refractivity contribution in [2.24, 2.45) is 0 Å². The van der Waals surface area contributed by atoms with Gasteiger partial charge in [-0.05, 0) is 30.5 Å². The van der Waals surface area contributed by atoms with Crippen LogP contribution in [0.2, 0.25) is 0 Å². The molecular formula is C13H15NO4. The van der Waals surface area contributed by atoms with E-state index in [0.29, 0.717) is 12.1 Å². The van der Waals surface area contributed by atoms with Crippen molar-refractivity contribution in [2.75, 3.05) is 11.9 Å². The second kappa shape index (κ2) is 7.24. The molecule has 0 unspecified atom stereocenters. The Kier molecular flexibility index (Phi) is 5.60. The Morgan fingerprint density at radius 1 is 1.28 bits per heavy atom. The summed E-state index contributed by atoms with van der Waals surface area (Å²) in [5.74, 6) is -1.65. The van der Waals surface area contributed by atoms with Gasteiger partial charge in [-0.2, -0.15) is 0 Å². The summed E-state index contributed by atoms with van der Waals surface area (Å²) in [5.41, 5.74) is 1.61. The third-order valence-electron chi connectivity index (χ3n) is 2.20. The molecule has 18 heavy (non-hydrogen) atoms. The maximum absolute atomic E-state index is 11.3. The van der Waals surface area contributed by atoms with Crippen molar-refractivity contribution >= 4 is 17.6 Å². The lowest BCUT2D eigenvalue weighted by atomic mass is 10.1. The van der Waals surface area contributed by atoms with Crippen molar-refractivity contribution < 1.29 is 19.8 Å². The van der Waals surface area contributed by atoms with E-state index in [-0.39, 0.29) is 6.61 Å². The highest BCUT2D eigenvalue weighted by Gasteiger charge is 2.00. The fourth-order valence-electron chi connectivity index (χ4n) is 1.42. The van der Waals surface area contributed by atoms with Crippen LogP contribution in [0.3, 0.4) is 0 Å². The minimum absolute atomic E-state index is 0.123. The van der Waals surface area contributed by atoms with Gasteiger partial charge >= 0.3 is 5.97 Å². The summed E-state index contributed by atoms with van der Waals surface area (Å²) in [6.45, 7) is 0.123. The molecule has 0 radical (unpaired) electrons. The van der Waals surface area contributed by atoms with Crippen LogP contribution in [0, 0.1) is 0 Å². The molecule has 0 saturated heterocycles. The number of hydrogen-bond donors (Lipinski definition) is 3. The predicted molar refractivity (Wildman–Crippen MR) is 67.3 cm³/mol. The molecule has 5 heteroatoms. The van der Waals surface area contributed by atoms with Gasteiger partial charge < -0.3 is 15.5 Å². The first-order chi connectivity index (χ1) is 8.61. The van der Waals surface area contributed by atoms with Crippen LogP contribution in [0.15, 0.2) is 36.4 Å². The molecule has 0 fully saturated rings. The molecule has 0 bridgehead atoms. The summed E-state index contributed by atoms with van der Waals surface area (Å²) < 4.78 is 0. The number of aliphatic carboxylic acids is 1. The number of carboxylic acids is 1. The summed E-state index contributed by atoms with van der Waals surface area (Å²) in [4.78, 5) is 21.6. The van der Waals surface area contributed by atoms with Gasteiger partial charge in [0.05, 0.1) is 0 Å². The number of carbonyl (C=O) groups is 2. The van der Waals surface area contributed by atoms with E-state index in [1.54, 1.807) is 18.2 Å². The van der Waals surface area contributed by atoms with E-state index < -0.39 is 11.9 Å². The summed E-state index contributed by atoms with van der Waals surface area (Å²) in [6, 6.07) is 7.21. The molecule has 0 atom stereocenters. The lowest BCUT2D eigenvalue weighted by Gasteiger charge is -2.05. The Hall–Kier alpha value is -2.14. The number of aryl methyl sites for hydroxylation is 1. The number of anilines is 1. The average molecular weight is 249 g/mol. The van der Waals surface area contributed by atoms with Gasteiger partial charge in [-0.25, -0.2) is 4.79 Å². The van der Waals surface area contributed by atoms with Gasteiger partial charge in [0.15, 0.2) is 0 Å². The highest BCUT2D eigenvalue weighted by atomic mass is 16.4. The largest absolute Gasteiger partial charge is 0.478 e. The topological polar surface area (TPSA) is 86.6 Å². The summed E-state index contributed by atoms with van der Waals surface area (Å²) in [6.07, 6.45) is 3.13. The van der Waals surface area contributed by atoms with Gasteiger partial charge in [0.1, 0.15) is 0 Å². The van der Waals surface area contributed by atoms with E-state index in [4.69, 9.17) is 10.2 Å². The fourth-order valence-corrected chi connectivity index (χ4v) is 1.42. The first-order valence-electron chi connectivity index (χ1n) is 5.53. The van der Waals surface area contributed by atoms with E-state index in [9.17, 15) is 9.59 Å². The highest BCUT2D eigenvalue weighted by Crippen LogP contribution is 2.12. The lowest BCUT2D eigenvalue weighted by Crippen LogP contribution is -2.08.